The molecule has 0 radical (unpaired) electrons. The number of Topliss-reactive ketones (excluding diaryl/α,β-unsaturated/α-hetero) is 1. The maximum absolute atomic E-state index is 13.2. The second-order valence-electron chi connectivity index (χ2n) is 5.75. The molecular formula is C12H22FO4P. The molecule has 0 unspecified atom stereocenters. The highest BCUT2D eigenvalue weighted by Crippen LogP contribution is 2.52. The summed E-state index contributed by atoms with van der Waals surface area (Å²) in [4.78, 5) is 29.9. The average molecular weight is 280 g/mol. The molecule has 6 heteroatoms. The van der Waals surface area contributed by atoms with Gasteiger partial charge in [0.2, 0.25) is 0 Å². The highest BCUT2D eigenvalue weighted by Gasteiger charge is 2.37. The fraction of sp³-hybridized carbons (Fsp3) is 0.917. The molecule has 18 heavy (non-hydrogen) atoms. The average Bonchev–Trinajstić information content (AvgIpc) is 2.22. The molecule has 4 nitrogen and oxygen atoms in total. The maximum Gasteiger partial charge on any atom is 0.331 e. The lowest BCUT2D eigenvalue weighted by atomic mass is 9.83. The van der Waals surface area contributed by atoms with Crippen molar-refractivity contribution in [2.45, 2.75) is 63.7 Å². The van der Waals surface area contributed by atoms with Gasteiger partial charge in [-0.15, -0.1) is 0 Å². The third-order valence-corrected chi connectivity index (χ3v) is 5.65. The topological polar surface area (TPSA) is 74.6 Å². The van der Waals surface area contributed by atoms with Crippen LogP contribution in [0.5, 0.6) is 0 Å². The van der Waals surface area contributed by atoms with Crippen molar-refractivity contribution < 1.29 is 23.5 Å². The summed E-state index contributed by atoms with van der Waals surface area (Å²) in [5.74, 6) is -0.587. The Morgan fingerprint density at radius 3 is 2.56 bits per heavy atom. The Balaban J connectivity index is 2.42. The molecule has 1 aliphatic carbocycles. The predicted molar refractivity (Wildman–Crippen MR) is 67.2 cm³/mol. The van der Waals surface area contributed by atoms with E-state index in [0.717, 1.165) is 6.42 Å². The molecule has 2 N–H and O–H groups in total. The molecule has 0 spiro atoms. The van der Waals surface area contributed by atoms with Crippen molar-refractivity contribution in [3.63, 3.8) is 0 Å². The second kappa shape index (κ2) is 5.81. The molecule has 1 aliphatic rings. The van der Waals surface area contributed by atoms with Crippen LogP contribution in [0.3, 0.4) is 0 Å². The minimum absolute atomic E-state index is 0.263. The zero-order valence-electron chi connectivity index (χ0n) is 10.9. The van der Waals surface area contributed by atoms with Crippen molar-refractivity contribution >= 4 is 13.4 Å². The summed E-state index contributed by atoms with van der Waals surface area (Å²) in [6, 6.07) is 0. The van der Waals surface area contributed by atoms with Crippen molar-refractivity contribution in [1.82, 2.24) is 0 Å². The third-order valence-electron chi connectivity index (χ3n) is 3.85. The van der Waals surface area contributed by atoms with Crippen LogP contribution in [0.15, 0.2) is 0 Å². The van der Waals surface area contributed by atoms with Gasteiger partial charge in [-0.1, -0.05) is 6.42 Å². The summed E-state index contributed by atoms with van der Waals surface area (Å²) in [5, 5.41) is -1.07. The van der Waals surface area contributed by atoms with E-state index in [4.69, 9.17) is 9.79 Å². The van der Waals surface area contributed by atoms with E-state index in [0.29, 0.717) is 32.1 Å². The van der Waals surface area contributed by atoms with Gasteiger partial charge in [0.25, 0.3) is 0 Å². The molecule has 1 saturated carbocycles. The summed E-state index contributed by atoms with van der Waals surface area (Å²) in [6.07, 6.45) is 1.83. The largest absolute Gasteiger partial charge is 0.331 e. The van der Waals surface area contributed by atoms with Crippen LogP contribution in [0, 0.1) is 5.92 Å². The SMILES string of the molecule is CC(C)(CCC[C@@H]1CCC[C@@H](F)C1=O)P(=O)(O)O. The van der Waals surface area contributed by atoms with E-state index in [1.807, 2.05) is 0 Å². The van der Waals surface area contributed by atoms with Gasteiger partial charge in [-0.05, 0) is 46.0 Å². The molecule has 2 atom stereocenters. The molecule has 0 saturated heterocycles. The highest BCUT2D eigenvalue weighted by molar-refractivity contribution is 7.53. The number of ketones is 1. The molecule has 0 aliphatic heterocycles. The van der Waals surface area contributed by atoms with Crippen LogP contribution in [-0.2, 0) is 9.36 Å². The van der Waals surface area contributed by atoms with E-state index in [9.17, 15) is 13.8 Å². The zero-order chi connectivity index (χ0) is 14.0. The molecular weight excluding hydrogens is 258 g/mol. The lowest BCUT2D eigenvalue weighted by molar-refractivity contribution is -0.130. The smallest absolute Gasteiger partial charge is 0.324 e. The minimum atomic E-state index is -4.12. The third kappa shape index (κ3) is 3.87. The first-order valence-electron chi connectivity index (χ1n) is 6.38. The fourth-order valence-electron chi connectivity index (χ4n) is 2.30. The van der Waals surface area contributed by atoms with Crippen LogP contribution in [0.4, 0.5) is 4.39 Å². The van der Waals surface area contributed by atoms with Gasteiger partial charge in [0.05, 0.1) is 5.16 Å². The van der Waals surface area contributed by atoms with Gasteiger partial charge in [-0.3, -0.25) is 9.36 Å². The molecule has 1 fully saturated rings. The van der Waals surface area contributed by atoms with Crippen molar-refractivity contribution in [1.29, 1.82) is 0 Å². The number of carbonyl (C=O) groups excluding carboxylic acids is 1. The van der Waals surface area contributed by atoms with Crippen LogP contribution in [-0.4, -0.2) is 26.9 Å². The number of halogens is 1. The van der Waals surface area contributed by atoms with Crippen molar-refractivity contribution in [2.24, 2.45) is 5.92 Å². The van der Waals surface area contributed by atoms with Crippen LogP contribution < -0.4 is 0 Å². The number of rotatable bonds is 5. The first-order valence-corrected chi connectivity index (χ1v) is 8.00. The van der Waals surface area contributed by atoms with E-state index in [1.165, 1.54) is 13.8 Å². The minimum Gasteiger partial charge on any atom is -0.324 e. The monoisotopic (exact) mass is 280 g/mol. The van der Waals surface area contributed by atoms with E-state index >= 15 is 0 Å². The van der Waals surface area contributed by atoms with Gasteiger partial charge < -0.3 is 9.79 Å². The number of carbonyl (C=O) groups is 1. The molecule has 0 aromatic heterocycles. The normalized spacial score (nSPS) is 26.4. The Kier molecular flexibility index (Phi) is 5.10. The standard InChI is InChI=1S/C12H22FO4P/c1-12(2,18(15,16)17)8-4-6-9-5-3-7-10(13)11(9)14/h9-10H,3-8H2,1-2H3,(H2,15,16,17)/t9-,10+/m0/s1. The molecule has 0 amide bonds. The van der Waals surface area contributed by atoms with Crippen LogP contribution in [0.2, 0.25) is 0 Å². The van der Waals surface area contributed by atoms with Crippen molar-refractivity contribution in [3.8, 4) is 0 Å². The summed E-state index contributed by atoms with van der Waals surface area (Å²) >= 11 is 0. The van der Waals surface area contributed by atoms with Gasteiger partial charge in [0.1, 0.15) is 0 Å². The van der Waals surface area contributed by atoms with E-state index < -0.39 is 18.9 Å². The van der Waals surface area contributed by atoms with E-state index in [1.54, 1.807) is 0 Å². The van der Waals surface area contributed by atoms with Gasteiger partial charge in [-0.25, -0.2) is 4.39 Å². The van der Waals surface area contributed by atoms with Crippen LogP contribution in [0.25, 0.3) is 0 Å². The molecule has 0 bridgehead atoms. The Morgan fingerprint density at radius 1 is 1.39 bits per heavy atom. The van der Waals surface area contributed by atoms with Crippen molar-refractivity contribution in [2.75, 3.05) is 0 Å². The maximum atomic E-state index is 13.2. The summed E-state index contributed by atoms with van der Waals surface area (Å²) in [6.45, 7) is 3.04. The van der Waals surface area contributed by atoms with Crippen LogP contribution >= 0.6 is 7.60 Å². The summed E-state index contributed by atoms with van der Waals surface area (Å²) < 4.78 is 24.4. The molecule has 0 aromatic carbocycles. The van der Waals surface area contributed by atoms with Crippen molar-refractivity contribution in [3.05, 3.63) is 0 Å². The zero-order valence-corrected chi connectivity index (χ0v) is 11.8. The summed E-state index contributed by atoms with van der Waals surface area (Å²) in [5.41, 5.74) is 0. The highest BCUT2D eigenvalue weighted by atomic mass is 31.2. The Hall–Kier alpha value is -0.250. The Morgan fingerprint density at radius 2 is 2.00 bits per heavy atom. The molecule has 106 valence electrons. The molecule has 1 rings (SSSR count). The van der Waals surface area contributed by atoms with Gasteiger partial charge >= 0.3 is 7.60 Å². The van der Waals surface area contributed by atoms with Gasteiger partial charge in [-0.2, -0.15) is 0 Å². The predicted octanol–water partition coefficient (Wildman–Crippen LogP) is 2.82. The quantitative estimate of drug-likeness (QED) is 0.759. The number of hydrogen-bond donors (Lipinski definition) is 2. The lowest BCUT2D eigenvalue weighted by Gasteiger charge is -2.27. The van der Waals surface area contributed by atoms with E-state index in [-0.39, 0.29) is 11.7 Å². The van der Waals surface area contributed by atoms with Gasteiger partial charge in [0.15, 0.2) is 12.0 Å². The summed E-state index contributed by atoms with van der Waals surface area (Å²) in [7, 11) is -4.12. The fourth-order valence-corrected chi connectivity index (χ4v) is 2.75. The first-order chi connectivity index (χ1) is 8.15. The molecule has 0 aromatic rings. The lowest BCUT2D eigenvalue weighted by Crippen LogP contribution is -2.30. The Labute approximate surface area is 107 Å². The second-order valence-corrected chi connectivity index (χ2v) is 8.05. The Bertz CT molecular complexity index is 350. The van der Waals surface area contributed by atoms with E-state index in [2.05, 4.69) is 0 Å². The van der Waals surface area contributed by atoms with Crippen LogP contribution in [0.1, 0.15) is 52.4 Å². The number of hydrogen-bond acceptors (Lipinski definition) is 2. The van der Waals surface area contributed by atoms with Gasteiger partial charge in [0, 0.05) is 5.92 Å². The first kappa shape index (κ1) is 15.8. The number of alkyl halides is 1. The molecule has 0 heterocycles.